The van der Waals surface area contributed by atoms with Gasteiger partial charge in [0.2, 0.25) is 12.3 Å². The Morgan fingerprint density at radius 3 is 2.88 bits per heavy atom. The van der Waals surface area contributed by atoms with Crippen LogP contribution in [0.2, 0.25) is 0 Å². The average Bonchev–Trinajstić information content (AvgIpc) is 3.53. The number of aromatic nitrogens is 1. The summed E-state index contributed by atoms with van der Waals surface area (Å²) >= 11 is 0. The summed E-state index contributed by atoms with van der Waals surface area (Å²) in [6, 6.07) is 8.83. The number of carboxylic acids is 1. The molecule has 3 rings (SSSR count). The zero-order valence-corrected chi connectivity index (χ0v) is 18.3. The molecule has 13 nitrogen and oxygen atoms in total. The van der Waals surface area contributed by atoms with Crippen LogP contribution in [0.15, 0.2) is 45.9 Å². The molecule has 2 aromatic rings. The lowest BCUT2D eigenvalue weighted by molar-refractivity contribution is -0.139. The van der Waals surface area contributed by atoms with E-state index in [9.17, 15) is 19.5 Å². The molecule has 0 radical (unpaired) electrons. The molecule has 0 spiro atoms. The first-order chi connectivity index (χ1) is 16.5. The second-order valence-electron chi connectivity index (χ2n) is 7.16. The highest BCUT2D eigenvalue weighted by Gasteiger charge is 2.26. The number of hydrogen-bond donors (Lipinski definition) is 4. The first-order valence-electron chi connectivity index (χ1n) is 10.5. The summed E-state index contributed by atoms with van der Waals surface area (Å²) in [5.74, 6) is -1.24. The molecule has 13 heteroatoms. The molecule has 0 saturated heterocycles. The van der Waals surface area contributed by atoms with Crippen molar-refractivity contribution in [3.63, 3.8) is 0 Å². The zero-order chi connectivity index (χ0) is 24.2. The van der Waals surface area contributed by atoms with Crippen molar-refractivity contribution in [1.82, 2.24) is 21.1 Å². The van der Waals surface area contributed by atoms with Gasteiger partial charge in [0.1, 0.15) is 12.6 Å². The van der Waals surface area contributed by atoms with Crippen molar-refractivity contribution in [2.75, 3.05) is 31.1 Å². The van der Waals surface area contributed by atoms with Crippen LogP contribution < -0.4 is 25.6 Å². The molecule has 1 unspecified atom stereocenters. The van der Waals surface area contributed by atoms with E-state index in [4.69, 9.17) is 14.0 Å². The summed E-state index contributed by atoms with van der Waals surface area (Å²) in [5.41, 5.74) is 0.743. The first-order valence-corrected chi connectivity index (χ1v) is 10.5. The average molecular weight is 474 g/mol. The number of nitrogens with zero attached hydrogens (tertiary/aromatic N) is 3. The summed E-state index contributed by atoms with van der Waals surface area (Å²) < 4.78 is 15.6. The van der Waals surface area contributed by atoms with E-state index in [1.54, 1.807) is 30.5 Å². The number of aliphatic carboxylic acids is 1. The van der Waals surface area contributed by atoms with E-state index < -0.39 is 24.6 Å². The molecular weight excluding hydrogens is 448 g/mol. The van der Waals surface area contributed by atoms with E-state index in [0.717, 1.165) is 17.0 Å². The molecule has 2 amide bonds. The molecule has 0 fully saturated rings. The number of anilines is 1. The van der Waals surface area contributed by atoms with Crippen LogP contribution in [0, 0.1) is 0 Å². The van der Waals surface area contributed by atoms with Crippen LogP contribution >= 0.6 is 0 Å². The minimum atomic E-state index is -1.44. The lowest BCUT2D eigenvalue weighted by Gasteiger charge is -2.19. The number of alkyl carbamates (subject to hydrolysis) is 1. The summed E-state index contributed by atoms with van der Waals surface area (Å²) in [6.45, 7) is 1.29. The number of nitrogens with one attached hydrogen (secondary N) is 3. The minimum Gasteiger partial charge on any atom is -0.480 e. The monoisotopic (exact) mass is 474 g/mol. The third-order valence-electron chi connectivity index (χ3n) is 4.63. The molecule has 2 atom stereocenters. The number of ether oxygens (including phenoxy) is 2. The van der Waals surface area contributed by atoms with Gasteiger partial charge in [-0.05, 0) is 17.1 Å². The quantitative estimate of drug-likeness (QED) is 0.221. The van der Waals surface area contributed by atoms with E-state index in [1.165, 1.54) is 6.07 Å². The SMILES string of the molecule is O=CN(C[C@H](NC(=O)OCc1ccccc1)C(=O)O)c1cc(OCCCNC2N=CCN2)no1. The van der Waals surface area contributed by atoms with Gasteiger partial charge in [-0.25, -0.2) is 9.59 Å². The maximum atomic E-state index is 12.0. The highest BCUT2D eigenvalue weighted by atomic mass is 16.6. The number of carbonyl (C=O) groups excluding carboxylic acids is 2. The Labute approximate surface area is 195 Å². The van der Waals surface area contributed by atoms with E-state index in [1.807, 2.05) is 6.07 Å². The Morgan fingerprint density at radius 2 is 2.18 bits per heavy atom. The van der Waals surface area contributed by atoms with Gasteiger partial charge in [0.25, 0.3) is 5.88 Å². The van der Waals surface area contributed by atoms with Crippen molar-refractivity contribution in [3.8, 4) is 5.88 Å². The van der Waals surface area contributed by atoms with Crippen molar-refractivity contribution in [2.45, 2.75) is 25.4 Å². The van der Waals surface area contributed by atoms with Crippen molar-refractivity contribution in [1.29, 1.82) is 0 Å². The van der Waals surface area contributed by atoms with Gasteiger partial charge in [-0.3, -0.25) is 25.3 Å². The number of amides is 2. The molecule has 182 valence electrons. The standard InChI is InChI=1S/C21H26N6O7/c28-14-27(12-16(19(29)30)25-21(31)33-13-15-5-2-1-3-6-15)18-11-17(26-34-18)32-10-4-7-22-20-23-8-9-24-20/h1-3,5-6,8,11,14,16,20,22,24H,4,7,9-10,12-13H2,(H,25,31)(H,29,30)/t16-,20?/m0/s1. The summed E-state index contributed by atoms with van der Waals surface area (Å²) in [6.07, 6.45) is 1.81. The lowest BCUT2D eigenvalue weighted by atomic mass is 10.2. The number of hydrogen-bond acceptors (Lipinski definition) is 10. The van der Waals surface area contributed by atoms with Crippen molar-refractivity contribution in [2.24, 2.45) is 4.99 Å². The van der Waals surface area contributed by atoms with Crippen LogP contribution in [0.4, 0.5) is 10.7 Å². The van der Waals surface area contributed by atoms with Crippen LogP contribution in [-0.2, 0) is 20.9 Å². The molecule has 0 aliphatic carbocycles. The van der Waals surface area contributed by atoms with E-state index in [2.05, 4.69) is 26.1 Å². The van der Waals surface area contributed by atoms with Gasteiger partial charge in [0.15, 0.2) is 6.29 Å². The fourth-order valence-corrected chi connectivity index (χ4v) is 2.92. The second-order valence-corrected chi connectivity index (χ2v) is 7.16. The maximum absolute atomic E-state index is 12.0. The molecule has 0 bridgehead atoms. The first kappa shape index (κ1) is 24.7. The van der Waals surface area contributed by atoms with E-state index in [-0.39, 0.29) is 24.7 Å². The smallest absolute Gasteiger partial charge is 0.408 e. The zero-order valence-electron chi connectivity index (χ0n) is 18.3. The number of benzene rings is 1. The summed E-state index contributed by atoms with van der Waals surface area (Å²) in [7, 11) is 0. The van der Waals surface area contributed by atoms with Crippen molar-refractivity contribution < 1.29 is 33.5 Å². The number of carbonyl (C=O) groups is 3. The molecule has 1 aromatic heterocycles. The van der Waals surface area contributed by atoms with Crippen LogP contribution in [0.3, 0.4) is 0 Å². The Morgan fingerprint density at radius 1 is 1.35 bits per heavy atom. The van der Waals surface area contributed by atoms with Gasteiger partial charge < -0.3 is 24.4 Å². The van der Waals surface area contributed by atoms with Gasteiger partial charge >= 0.3 is 12.1 Å². The molecular formula is C21H26N6O7. The van der Waals surface area contributed by atoms with Crippen LogP contribution in [0.5, 0.6) is 5.88 Å². The Kier molecular flexibility index (Phi) is 9.37. The van der Waals surface area contributed by atoms with Gasteiger partial charge in [-0.2, -0.15) is 0 Å². The largest absolute Gasteiger partial charge is 0.480 e. The fraction of sp³-hybridized carbons (Fsp3) is 0.381. The van der Waals surface area contributed by atoms with Gasteiger partial charge in [0, 0.05) is 19.3 Å². The molecule has 1 aliphatic rings. The molecule has 34 heavy (non-hydrogen) atoms. The predicted octanol–water partition coefficient (Wildman–Crippen LogP) is 0.333. The lowest BCUT2D eigenvalue weighted by Crippen LogP contribution is -2.48. The number of aliphatic imine (C=N–C) groups is 1. The molecule has 4 N–H and O–H groups in total. The second kappa shape index (κ2) is 12.9. The minimum absolute atomic E-state index is 0.0287. The van der Waals surface area contributed by atoms with Gasteiger partial charge in [-0.1, -0.05) is 30.3 Å². The van der Waals surface area contributed by atoms with Crippen molar-refractivity contribution >= 4 is 30.6 Å². The topological polar surface area (TPSA) is 168 Å². The summed E-state index contributed by atoms with van der Waals surface area (Å²) in [4.78, 5) is 40.3. The Balaban J connectivity index is 1.44. The highest BCUT2D eigenvalue weighted by Crippen LogP contribution is 2.20. The fourth-order valence-electron chi connectivity index (χ4n) is 2.92. The Bertz CT molecular complexity index is 968. The van der Waals surface area contributed by atoms with Crippen LogP contribution in [0.25, 0.3) is 0 Å². The molecule has 0 saturated carbocycles. The predicted molar refractivity (Wildman–Crippen MR) is 119 cm³/mol. The van der Waals surface area contributed by atoms with Crippen molar-refractivity contribution in [3.05, 3.63) is 42.0 Å². The molecule has 2 heterocycles. The maximum Gasteiger partial charge on any atom is 0.408 e. The molecule has 1 aromatic carbocycles. The van der Waals surface area contributed by atoms with E-state index >= 15 is 0 Å². The Hall–Kier alpha value is -3.97. The highest BCUT2D eigenvalue weighted by molar-refractivity contribution is 5.82. The number of rotatable bonds is 14. The van der Waals surface area contributed by atoms with Crippen LogP contribution in [-0.4, -0.2) is 73.5 Å². The third-order valence-corrected chi connectivity index (χ3v) is 4.63. The summed E-state index contributed by atoms with van der Waals surface area (Å²) in [5, 5.41) is 21.7. The van der Waals surface area contributed by atoms with Crippen LogP contribution in [0.1, 0.15) is 12.0 Å². The van der Waals surface area contributed by atoms with Gasteiger partial charge in [-0.15, -0.1) is 0 Å². The third kappa shape index (κ3) is 7.86. The van der Waals surface area contributed by atoms with E-state index in [0.29, 0.717) is 26.0 Å². The normalized spacial score (nSPS) is 15.5. The molecule has 1 aliphatic heterocycles. The number of carboxylic acid groups (broad SMARTS) is 1. The van der Waals surface area contributed by atoms with Gasteiger partial charge in [0.05, 0.1) is 19.2 Å².